The van der Waals surface area contributed by atoms with Gasteiger partial charge in [-0.15, -0.1) is 11.3 Å². The Kier molecular flexibility index (Phi) is 6.90. The smallest absolute Gasteiger partial charge is 0.408 e. The van der Waals surface area contributed by atoms with E-state index in [0.717, 1.165) is 16.9 Å². The van der Waals surface area contributed by atoms with Crippen molar-refractivity contribution in [1.82, 2.24) is 10.3 Å². The molecule has 1 aromatic heterocycles. The minimum absolute atomic E-state index is 0.183. The third kappa shape index (κ3) is 6.16. The lowest BCUT2D eigenvalue weighted by Crippen LogP contribution is -2.48. The number of hydrogen-bond donors (Lipinski definition) is 2. The van der Waals surface area contributed by atoms with E-state index in [-0.39, 0.29) is 17.4 Å². The van der Waals surface area contributed by atoms with Crippen molar-refractivity contribution in [2.24, 2.45) is 0 Å². The summed E-state index contributed by atoms with van der Waals surface area (Å²) < 4.78 is 5.30. The summed E-state index contributed by atoms with van der Waals surface area (Å²) in [5.74, 6) is -0.939. The highest BCUT2D eigenvalue weighted by atomic mass is 32.1. The molecule has 0 spiro atoms. The second kappa shape index (κ2) is 8.97. The maximum Gasteiger partial charge on any atom is 0.408 e. The topological polar surface area (TPSA) is 97.4 Å². The van der Waals surface area contributed by atoms with Crippen LogP contribution in [0.25, 0.3) is 0 Å². The number of benzene rings is 1. The molecule has 0 saturated carbocycles. The summed E-state index contributed by atoms with van der Waals surface area (Å²) in [4.78, 5) is 40.7. The number of nitrogens with one attached hydrogen (secondary N) is 2. The van der Waals surface area contributed by atoms with Gasteiger partial charge in [0.15, 0.2) is 10.9 Å². The maximum atomic E-state index is 12.9. The van der Waals surface area contributed by atoms with E-state index < -0.39 is 23.6 Å². The van der Waals surface area contributed by atoms with Crippen LogP contribution < -0.4 is 10.6 Å². The highest BCUT2D eigenvalue weighted by Crippen LogP contribution is 2.22. The van der Waals surface area contributed by atoms with E-state index in [4.69, 9.17) is 4.74 Å². The molecule has 2 amide bonds. The monoisotopic (exact) mass is 403 g/mol. The summed E-state index contributed by atoms with van der Waals surface area (Å²) in [5, 5.41) is 7.22. The Labute approximate surface area is 168 Å². The van der Waals surface area contributed by atoms with Gasteiger partial charge in [0.1, 0.15) is 17.3 Å². The number of rotatable bonds is 6. The van der Waals surface area contributed by atoms with E-state index in [9.17, 15) is 14.4 Å². The van der Waals surface area contributed by atoms with Gasteiger partial charge in [0, 0.05) is 18.2 Å². The normalized spacial score (nSPS) is 13.3. The van der Waals surface area contributed by atoms with Crippen LogP contribution in [0.15, 0.2) is 35.7 Å². The summed E-state index contributed by atoms with van der Waals surface area (Å²) >= 11 is 1.15. The Bertz CT molecular complexity index is 843. The third-order valence-electron chi connectivity index (χ3n) is 3.88. The van der Waals surface area contributed by atoms with E-state index in [1.165, 1.54) is 6.92 Å². The Morgan fingerprint density at radius 3 is 2.32 bits per heavy atom. The highest BCUT2D eigenvalue weighted by Gasteiger charge is 2.30. The number of nitrogens with zero attached hydrogens (tertiary/aromatic N) is 1. The Morgan fingerprint density at radius 1 is 1.14 bits per heavy atom. The Balaban J connectivity index is 2.21. The number of ketones is 1. The van der Waals surface area contributed by atoms with Gasteiger partial charge in [-0.25, -0.2) is 9.78 Å². The van der Waals surface area contributed by atoms with Crippen LogP contribution in [-0.4, -0.2) is 34.4 Å². The van der Waals surface area contributed by atoms with Crippen LogP contribution in [-0.2, 0) is 9.53 Å². The number of carbonyl (C=O) groups excluding carboxylic acids is 3. The van der Waals surface area contributed by atoms with Crippen molar-refractivity contribution in [3.05, 3.63) is 47.0 Å². The van der Waals surface area contributed by atoms with Crippen LogP contribution in [0.3, 0.4) is 0 Å². The highest BCUT2D eigenvalue weighted by molar-refractivity contribution is 7.14. The predicted octanol–water partition coefficient (Wildman–Crippen LogP) is 3.98. The second-order valence-corrected chi connectivity index (χ2v) is 8.26. The van der Waals surface area contributed by atoms with Gasteiger partial charge in [0.25, 0.3) is 0 Å². The zero-order chi connectivity index (χ0) is 20.9. The average molecular weight is 404 g/mol. The molecule has 150 valence electrons. The van der Waals surface area contributed by atoms with E-state index in [1.807, 2.05) is 37.3 Å². The number of ether oxygens (including phenoxy) is 1. The fraction of sp³-hybridized carbons (Fsp3) is 0.400. The van der Waals surface area contributed by atoms with Gasteiger partial charge in [0.05, 0.1) is 0 Å². The van der Waals surface area contributed by atoms with Gasteiger partial charge >= 0.3 is 6.09 Å². The fourth-order valence-electron chi connectivity index (χ4n) is 2.48. The zero-order valence-corrected chi connectivity index (χ0v) is 17.4. The van der Waals surface area contributed by atoms with Gasteiger partial charge in [-0.3, -0.25) is 9.59 Å². The van der Waals surface area contributed by atoms with Crippen molar-refractivity contribution in [1.29, 1.82) is 0 Å². The molecule has 0 aliphatic heterocycles. The lowest BCUT2D eigenvalue weighted by Gasteiger charge is -2.26. The van der Waals surface area contributed by atoms with Crippen LogP contribution in [0, 0.1) is 0 Å². The molecule has 28 heavy (non-hydrogen) atoms. The first-order valence-electron chi connectivity index (χ1n) is 8.88. The molecule has 0 aliphatic carbocycles. The fourth-order valence-corrected chi connectivity index (χ4v) is 3.23. The van der Waals surface area contributed by atoms with Gasteiger partial charge in [-0.05, 0) is 26.3 Å². The van der Waals surface area contributed by atoms with E-state index in [2.05, 4.69) is 15.6 Å². The van der Waals surface area contributed by atoms with Gasteiger partial charge < -0.3 is 15.4 Å². The van der Waals surface area contributed by atoms with Crippen molar-refractivity contribution in [2.75, 3.05) is 5.32 Å². The third-order valence-corrected chi connectivity index (χ3v) is 4.63. The summed E-state index contributed by atoms with van der Waals surface area (Å²) in [5.41, 5.74) is 0.489. The van der Waals surface area contributed by atoms with Gasteiger partial charge in [0.2, 0.25) is 5.91 Å². The first-order chi connectivity index (χ1) is 13.1. The SMILES string of the molecule is CC(=O)c1csc(NC(=O)[C@@H](NC(=O)OC(C)(C)C)[C@H](C)c2ccccc2)n1. The summed E-state index contributed by atoms with van der Waals surface area (Å²) in [6, 6.07) is 8.51. The Morgan fingerprint density at radius 2 is 1.79 bits per heavy atom. The molecule has 0 radical (unpaired) electrons. The number of anilines is 1. The molecular formula is C20H25N3O4S. The molecule has 0 unspecified atom stereocenters. The number of carbonyl (C=O) groups is 3. The summed E-state index contributed by atoms with van der Waals surface area (Å²) in [6.07, 6.45) is -0.681. The number of thiazole rings is 1. The van der Waals surface area contributed by atoms with Crippen molar-refractivity contribution >= 4 is 34.3 Å². The molecule has 7 nitrogen and oxygen atoms in total. The largest absolute Gasteiger partial charge is 0.444 e. The van der Waals surface area contributed by atoms with Crippen LogP contribution in [0.5, 0.6) is 0 Å². The van der Waals surface area contributed by atoms with Crippen LogP contribution >= 0.6 is 11.3 Å². The van der Waals surface area contributed by atoms with E-state index >= 15 is 0 Å². The second-order valence-electron chi connectivity index (χ2n) is 7.41. The molecule has 2 rings (SSSR count). The van der Waals surface area contributed by atoms with Crippen molar-refractivity contribution in [3.63, 3.8) is 0 Å². The van der Waals surface area contributed by atoms with Gasteiger partial charge in [-0.2, -0.15) is 0 Å². The first kappa shape index (κ1) is 21.6. The molecule has 2 aromatic rings. The van der Waals surface area contributed by atoms with Crippen LogP contribution in [0.4, 0.5) is 9.93 Å². The molecule has 1 heterocycles. The number of alkyl carbamates (subject to hydrolysis) is 1. The zero-order valence-electron chi connectivity index (χ0n) is 16.6. The molecule has 0 fully saturated rings. The number of aromatic nitrogens is 1. The average Bonchev–Trinajstić information content (AvgIpc) is 3.07. The number of Topliss-reactive ketones (excluding diaryl/α,β-unsaturated/α-hetero) is 1. The number of hydrogen-bond acceptors (Lipinski definition) is 6. The van der Waals surface area contributed by atoms with E-state index in [0.29, 0.717) is 5.13 Å². The number of amides is 2. The van der Waals surface area contributed by atoms with Crippen LogP contribution in [0.1, 0.15) is 56.6 Å². The standard InChI is InChI=1S/C20H25N3O4S/c1-12(14-9-7-6-8-10-14)16(22-19(26)27-20(3,4)5)17(25)23-18-21-15(11-28-18)13(2)24/h6-12,16H,1-5H3,(H,22,26)(H,21,23,25)/t12-,16+/m1/s1. The predicted molar refractivity (Wildman–Crippen MR) is 109 cm³/mol. The molecule has 1 aromatic carbocycles. The minimum Gasteiger partial charge on any atom is -0.444 e. The Hall–Kier alpha value is -2.74. The van der Waals surface area contributed by atoms with Gasteiger partial charge in [-0.1, -0.05) is 37.3 Å². The maximum absolute atomic E-state index is 12.9. The molecule has 0 aliphatic rings. The quantitative estimate of drug-likeness (QED) is 0.711. The van der Waals surface area contributed by atoms with Crippen molar-refractivity contribution in [3.8, 4) is 0 Å². The molecule has 2 atom stereocenters. The minimum atomic E-state index is -0.887. The summed E-state index contributed by atoms with van der Waals surface area (Å²) in [6.45, 7) is 8.51. The van der Waals surface area contributed by atoms with E-state index in [1.54, 1.807) is 26.2 Å². The molecule has 2 N–H and O–H groups in total. The molecule has 0 bridgehead atoms. The lowest BCUT2D eigenvalue weighted by molar-refractivity contribution is -0.118. The molecule has 8 heteroatoms. The first-order valence-corrected chi connectivity index (χ1v) is 9.76. The molecule has 0 saturated heterocycles. The van der Waals surface area contributed by atoms with Crippen molar-refractivity contribution < 1.29 is 19.1 Å². The molecular weight excluding hydrogens is 378 g/mol. The summed E-state index contributed by atoms with van der Waals surface area (Å²) in [7, 11) is 0. The van der Waals surface area contributed by atoms with Crippen LogP contribution in [0.2, 0.25) is 0 Å². The van der Waals surface area contributed by atoms with Crippen molar-refractivity contribution in [2.45, 2.75) is 52.2 Å². The lowest BCUT2D eigenvalue weighted by atomic mass is 9.93.